The molecule has 2 aromatic carbocycles. The summed E-state index contributed by atoms with van der Waals surface area (Å²) in [5.41, 5.74) is 4.20. The first-order chi connectivity index (χ1) is 12.0. The number of nitrogens with zero attached hydrogens (tertiary/aromatic N) is 1. The van der Waals surface area contributed by atoms with Crippen molar-refractivity contribution in [3.05, 3.63) is 65.4 Å². The van der Waals surface area contributed by atoms with Gasteiger partial charge in [-0.25, -0.2) is 4.79 Å². The Morgan fingerprint density at radius 1 is 1.16 bits per heavy atom. The van der Waals surface area contributed by atoms with E-state index in [0.29, 0.717) is 24.2 Å². The molecule has 0 atom stereocenters. The molecule has 0 amide bonds. The summed E-state index contributed by atoms with van der Waals surface area (Å²) in [5, 5.41) is 19.4. The van der Waals surface area contributed by atoms with E-state index in [4.69, 9.17) is 4.74 Å². The number of aromatic nitrogens is 1. The van der Waals surface area contributed by atoms with Gasteiger partial charge < -0.3 is 19.4 Å². The molecule has 1 heterocycles. The van der Waals surface area contributed by atoms with E-state index in [1.54, 1.807) is 25.1 Å². The summed E-state index contributed by atoms with van der Waals surface area (Å²) in [7, 11) is -1.45. The lowest BCUT2D eigenvalue weighted by molar-refractivity contribution is 0.0526. The van der Waals surface area contributed by atoms with Crippen LogP contribution in [0.1, 0.15) is 28.4 Å². The Morgan fingerprint density at radius 2 is 1.88 bits per heavy atom. The number of benzene rings is 2. The first-order valence-electron chi connectivity index (χ1n) is 8.21. The number of aryl methyl sites for hydroxylation is 1. The molecule has 3 rings (SSSR count). The van der Waals surface area contributed by atoms with Crippen molar-refractivity contribution in [3.8, 4) is 0 Å². The lowest BCUT2D eigenvalue weighted by Gasteiger charge is -2.08. The zero-order chi connectivity index (χ0) is 18.0. The highest BCUT2D eigenvalue weighted by molar-refractivity contribution is 6.58. The van der Waals surface area contributed by atoms with Gasteiger partial charge in [0.1, 0.15) is 0 Å². The van der Waals surface area contributed by atoms with Crippen molar-refractivity contribution >= 4 is 29.5 Å². The molecule has 1 aromatic heterocycles. The summed E-state index contributed by atoms with van der Waals surface area (Å²) in [6.45, 7) is 4.82. The molecule has 0 spiro atoms. The second kappa shape index (κ2) is 7.13. The molecule has 3 aromatic rings. The van der Waals surface area contributed by atoms with Crippen LogP contribution in [-0.2, 0) is 11.3 Å². The molecule has 0 aliphatic rings. The summed E-state index contributed by atoms with van der Waals surface area (Å²) in [6.07, 6.45) is 2.05. The standard InChI is InChI=1S/C19H20BNO4/c1-3-25-19(22)15-6-9-18-17(10-15)13(2)11-21(18)12-14-4-7-16(8-5-14)20(23)24/h4-11,23-24H,3,12H2,1-2H3. The fourth-order valence-corrected chi connectivity index (χ4v) is 2.94. The third-order valence-corrected chi connectivity index (χ3v) is 4.22. The van der Waals surface area contributed by atoms with Gasteiger partial charge in [0, 0.05) is 23.6 Å². The Bertz CT molecular complexity index is 900. The Kier molecular flexibility index (Phi) is 4.92. The van der Waals surface area contributed by atoms with E-state index in [0.717, 1.165) is 22.0 Å². The molecule has 6 heteroatoms. The van der Waals surface area contributed by atoms with Crippen molar-refractivity contribution < 1.29 is 19.6 Å². The lowest BCUT2D eigenvalue weighted by atomic mass is 9.80. The van der Waals surface area contributed by atoms with Crippen LogP contribution < -0.4 is 5.46 Å². The van der Waals surface area contributed by atoms with Gasteiger partial charge in [0.2, 0.25) is 0 Å². The van der Waals surface area contributed by atoms with Gasteiger partial charge in [-0.05, 0) is 48.6 Å². The maximum atomic E-state index is 11.9. The first-order valence-corrected chi connectivity index (χ1v) is 8.21. The van der Waals surface area contributed by atoms with Gasteiger partial charge in [0.05, 0.1) is 12.2 Å². The van der Waals surface area contributed by atoms with Crippen molar-refractivity contribution in [2.45, 2.75) is 20.4 Å². The number of fused-ring (bicyclic) bond motifs is 1. The summed E-state index contributed by atoms with van der Waals surface area (Å²) in [5.74, 6) is -0.310. The van der Waals surface area contributed by atoms with E-state index in [2.05, 4.69) is 10.8 Å². The number of ether oxygens (including phenoxy) is 1. The van der Waals surface area contributed by atoms with E-state index < -0.39 is 7.12 Å². The molecule has 0 saturated carbocycles. The van der Waals surface area contributed by atoms with Crippen molar-refractivity contribution in [1.29, 1.82) is 0 Å². The van der Waals surface area contributed by atoms with Crippen LogP contribution in [0.3, 0.4) is 0 Å². The number of carbonyl (C=O) groups excluding carboxylic acids is 1. The molecule has 0 unspecified atom stereocenters. The fraction of sp³-hybridized carbons (Fsp3) is 0.211. The van der Waals surface area contributed by atoms with Crippen molar-refractivity contribution in [2.24, 2.45) is 0 Å². The summed E-state index contributed by atoms with van der Waals surface area (Å²) in [6, 6.07) is 12.7. The Morgan fingerprint density at radius 3 is 2.52 bits per heavy atom. The molecular formula is C19H20BNO4. The molecule has 0 aliphatic heterocycles. The number of hydrogen-bond donors (Lipinski definition) is 2. The van der Waals surface area contributed by atoms with Crippen LogP contribution in [0.2, 0.25) is 0 Å². The number of carbonyl (C=O) groups is 1. The van der Waals surface area contributed by atoms with Crippen molar-refractivity contribution in [1.82, 2.24) is 4.57 Å². The Hall–Kier alpha value is -2.57. The maximum Gasteiger partial charge on any atom is 0.488 e. The van der Waals surface area contributed by atoms with Gasteiger partial charge in [-0.1, -0.05) is 24.3 Å². The first kappa shape index (κ1) is 17.3. The number of esters is 1. The minimum Gasteiger partial charge on any atom is -0.462 e. The van der Waals surface area contributed by atoms with Crippen LogP contribution in [0.5, 0.6) is 0 Å². The largest absolute Gasteiger partial charge is 0.488 e. The van der Waals surface area contributed by atoms with Crippen LogP contribution in [0.25, 0.3) is 10.9 Å². The normalized spacial score (nSPS) is 10.9. The molecule has 128 valence electrons. The molecule has 0 aliphatic carbocycles. The molecular weight excluding hydrogens is 317 g/mol. The predicted molar refractivity (Wildman–Crippen MR) is 98.0 cm³/mol. The van der Waals surface area contributed by atoms with Crippen LogP contribution in [0.4, 0.5) is 0 Å². The third kappa shape index (κ3) is 3.60. The van der Waals surface area contributed by atoms with Gasteiger partial charge >= 0.3 is 13.1 Å². The second-order valence-electron chi connectivity index (χ2n) is 6.01. The molecule has 5 nitrogen and oxygen atoms in total. The molecule has 0 bridgehead atoms. The van der Waals surface area contributed by atoms with E-state index >= 15 is 0 Å². The molecule has 0 radical (unpaired) electrons. The molecule has 0 fully saturated rings. The predicted octanol–water partition coefficient (Wildman–Crippen LogP) is 1.85. The Balaban J connectivity index is 1.91. The smallest absolute Gasteiger partial charge is 0.462 e. The zero-order valence-corrected chi connectivity index (χ0v) is 14.3. The van der Waals surface area contributed by atoms with Crippen LogP contribution in [-0.4, -0.2) is 34.3 Å². The monoisotopic (exact) mass is 337 g/mol. The average Bonchev–Trinajstić information content (AvgIpc) is 2.91. The van der Waals surface area contributed by atoms with Gasteiger partial charge in [0.15, 0.2) is 0 Å². The van der Waals surface area contributed by atoms with Gasteiger partial charge in [0.25, 0.3) is 0 Å². The summed E-state index contributed by atoms with van der Waals surface area (Å²) in [4.78, 5) is 11.9. The van der Waals surface area contributed by atoms with E-state index in [-0.39, 0.29) is 5.97 Å². The highest BCUT2D eigenvalue weighted by Crippen LogP contribution is 2.23. The molecule has 2 N–H and O–H groups in total. The average molecular weight is 337 g/mol. The third-order valence-electron chi connectivity index (χ3n) is 4.22. The van der Waals surface area contributed by atoms with Gasteiger partial charge in [-0.2, -0.15) is 0 Å². The van der Waals surface area contributed by atoms with E-state index in [9.17, 15) is 14.8 Å². The fourth-order valence-electron chi connectivity index (χ4n) is 2.94. The van der Waals surface area contributed by atoms with Crippen molar-refractivity contribution in [2.75, 3.05) is 6.61 Å². The van der Waals surface area contributed by atoms with Gasteiger partial charge in [-0.3, -0.25) is 0 Å². The Labute approximate surface area is 146 Å². The maximum absolute atomic E-state index is 11.9. The molecule has 0 saturated heterocycles. The second-order valence-corrected chi connectivity index (χ2v) is 6.01. The van der Waals surface area contributed by atoms with Crippen LogP contribution in [0.15, 0.2) is 48.7 Å². The van der Waals surface area contributed by atoms with Crippen LogP contribution >= 0.6 is 0 Å². The quantitative estimate of drug-likeness (QED) is 0.551. The lowest BCUT2D eigenvalue weighted by Crippen LogP contribution is -2.29. The van der Waals surface area contributed by atoms with E-state index in [1.165, 1.54) is 0 Å². The zero-order valence-electron chi connectivity index (χ0n) is 14.3. The minimum atomic E-state index is -1.45. The highest BCUT2D eigenvalue weighted by atomic mass is 16.5. The van der Waals surface area contributed by atoms with Crippen molar-refractivity contribution in [3.63, 3.8) is 0 Å². The minimum absolute atomic E-state index is 0.310. The summed E-state index contributed by atoms with van der Waals surface area (Å²) >= 11 is 0. The summed E-state index contributed by atoms with van der Waals surface area (Å²) < 4.78 is 7.18. The SMILES string of the molecule is CCOC(=O)c1ccc2c(c1)c(C)cn2Cc1ccc(B(O)O)cc1. The van der Waals surface area contributed by atoms with Gasteiger partial charge in [-0.15, -0.1) is 0 Å². The van der Waals surface area contributed by atoms with E-state index in [1.807, 2.05) is 31.2 Å². The molecule has 25 heavy (non-hydrogen) atoms. The number of rotatable bonds is 5. The number of hydrogen-bond acceptors (Lipinski definition) is 4. The van der Waals surface area contributed by atoms with Crippen LogP contribution in [0, 0.1) is 6.92 Å². The topological polar surface area (TPSA) is 71.7 Å². The highest BCUT2D eigenvalue weighted by Gasteiger charge is 2.13.